The van der Waals surface area contributed by atoms with Crippen LogP contribution >= 0.6 is 0 Å². The number of aromatic nitrogens is 3. The number of aromatic amines is 1. The van der Waals surface area contributed by atoms with E-state index in [1.807, 2.05) is 36.5 Å². The van der Waals surface area contributed by atoms with Gasteiger partial charge in [0, 0.05) is 40.2 Å². The van der Waals surface area contributed by atoms with Gasteiger partial charge < -0.3 is 20.0 Å². The normalized spacial score (nSPS) is 17.3. The molecule has 0 unspecified atom stereocenters. The lowest BCUT2D eigenvalue weighted by atomic mass is 9.81. The van der Waals surface area contributed by atoms with E-state index in [1.165, 1.54) is 59.9 Å². The Labute approximate surface area is 280 Å². The number of amides is 1. The summed E-state index contributed by atoms with van der Waals surface area (Å²) in [6, 6.07) is 22.6. The third kappa shape index (κ3) is 5.47. The Morgan fingerprint density at radius 1 is 0.958 bits per heavy atom. The lowest BCUT2D eigenvalue weighted by molar-refractivity contribution is -0.131. The van der Waals surface area contributed by atoms with Gasteiger partial charge in [0.05, 0.1) is 23.1 Å². The van der Waals surface area contributed by atoms with Gasteiger partial charge in [0.1, 0.15) is 5.82 Å². The lowest BCUT2D eigenvalue weighted by Crippen LogP contribution is -2.44. The second kappa shape index (κ2) is 12.5. The molecule has 3 N–H and O–H groups in total. The second-order valence-electron chi connectivity index (χ2n) is 13.6. The predicted octanol–water partition coefficient (Wildman–Crippen LogP) is 9.07. The number of H-pyrrole nitrogens is 1. The number of nitrogens with zero attached hydrogens (tertiary/aromatic N) is 2. The van der Waals surface area contributed by atoms with E-state index < -0.39 is 11.5 Å². The Bertz CT molecular complexity index is 2090. The van der Waals surface area contributed by atoms with Gasteiger partial charge >= 0.3 is 5.97 Å². The molecule has 2 saturated carbocycles. The molecule has 1 aliphatic heterocycles. The van der Waals surface area contributed by atoms with Gasteiger partial charge in [0.2, 0.25) is 0 Å². The van der Waals surface area contributed by atoms with Crippen molar-refractivity contribution in [1.82, 2.24) is 19.9 Å². The standard InChI is InChI=1S/C41H40N4O3/c46-36(47)20-17-27-10-8-14-30(24-27)39-42-26-35(43-39)41(21-6-7-22-41)44-40(48)31-18-19-33-34(25-31)45-23-9-15-28-11-4-5-16-32(28)38(45)37(33)29-12-2-1-3-13-29/h4-5,8-11,14-20,24-26,29H,1-3,6-7,12-13,21-23H2,(H,42,43)(H,44,48)(H,46,47). The van der Waals surface area contributed by atoms with Crippen molar-refractivity contribution in [2.75, 3.05) is 0 Å². The molecule has 3 aliphatic rings. The minimum Gasteiger partial charge on any atom is -0.478 e. The molecule has 1 amide bonds. The molecule has 2 aliphatic carbocycles. The van der Waals surface area contributed by atoms with Crippen molar-refractivity contribution in [3.05, 3.63) is 113 Å². The molecule has 0 spiro atoms. The number of allylic oxidation sites excluding steroid dienone is 1. The van der Waals surface area contributed by atoms with Crippen LogP contribution in [-0.2, 0) is 16.9 Å². The molecule has 7 nitrogen and oxygen atoms in total. The van der Waals surface area contributed by atoms with Crippen LogP contribution in [0.1, 0.15) is 96.4 Å². The van der Waals surface area contributed by atoms with E-state index in [4.69, 9.17) is 10.1 Å². The molecule has 0 radical (unpaired) electrons. The average molecular weight is 637 g/mol. The van der Waals surface area contributed by atoms with Gasteiger partial charge in [0.15, 0.2) is 0 Å². The average Bonchev–Trinajstić information content (AvgIpc) is 3.84. The SMILES string of the molecule is O=C(O)C=Cc1cccc(-c2ncc(C3(NC(=O)c4ccc5c(C6CCCCC6)c6n(c5c4)CC=Cc4ccccc4-6)CCCC3)[nH]2)c1. The van der Waals surface area contributed by atoms with Crippen LogP contribution in [0, 0.1) is 0 Å². The van der Waals surface area contributed by atoms with E-state index in [2.05, 4.69) is 63.4 Å². The number of rotatable bonds is 7. The summed E-state index contributed by atoms with van der Waals surface area (Å²) in [6.45, 7) is 0.770. The third-order valence-electron chi connectivity index (χ3n) is 10.7. The quantitative estimate of drug-likeness (QED) is 0.155. The highest BCUT2D eigenvalue weighted by Gasteiger charge is 2.39. The summed E-state index contributed by atoms with van der Waals surface area (Å²) >= 11 is 0. The van der Waals surface area contributed by atoms with Crippen molar-refractivity contribution in [2.24, 2.45) is 0 Å². The van der Waals surface area contributed by atoms with E-state index in [1.54, 1.807) is 6.08 Å². The molecule has 0 bridgehead atoms. The zero-order valence-electron chi connectivity index (χ0n) is 27.0. The first-order chi connectivity index (χ1) is 23.5. The highest BCUT2D eigenvalue weighted by Crippen LogP contribution is 2.46. The zero-order valence-corrected chi connectivity index (χ0v) is 27.0. The molecule has 3 aromatic carbocycles. The van der Waals surface area contributed by atoms with Gasteiger partial charge in [-0.05, 0) is 72.6 Å². The highest BCUT2D eigenvalue weighted by molar-refractivity contribution is 6.02. The van der Waals surface area contributed by atoms with Crippen LogP contribution in [0.25, 0.3) is 45.7 Å². The van der Waals surface area contributed by atoms with E-state index >= 15 is 0 Å². The highest BCUT2D eigenvalue weighted by atomic mass is 16.4. The van der Waals surface area contributed by atoms with Crippen molar-refractivity contribution in [3.63, 3.8) is 0 Å². The molecule has 242 valence electrons. The molecular formula is C41H40N4O3. The minimum atomic E-state index is -0.988. The number of hydrogen-bond acceptors (Lipinski definition) is 3. The van der Waals surface area contributed by atoms with E-state index in [0.717, 1.165) is 60.6 Å². The number of carboxylic acid groups (broad SMARTS) is 1. The van der Waals surface area contributed by atoms with Gasteiger partial charge in [-0.2, -0.15) is 0 Å². The number of fused-ring (bicyclic) bond motifs is 5. The summed E-state index contributed by atoms with van der Waals surface area (Å²) in [5, 5.41) is 13.8. The topological polar surface area (TPSA) is 100 Å². The Kier molecular flexibility index (Phi) is 7.83. The maximum atomic E-state index is 14.2. The first-order valence-electron chi connectivity index (χ1n) is 17.3. The van der Waals surface area contributed by atoms with E-state index in [0.29, 0.717) is 17.3 Å². The Hall–Kier alpha value is -5.17. The Morgan fingerprint density at radius 2 is 1.79 bits per heavy atom. The van der Waals surface area contributed by atoms with Crippen LogP contribution in [0.5, 0.6) is 0 Å². The Morgan fingerprint density at radius 3 is 2.62 bits per heavy atom. The first-order valence-corrected chi connectivity index (χ1v) is 17.3. The van der Waals surface area contributed by atoms with Crippen molar-refractivity contribution in [1.29, 1.82) is 0 Å². The zero-order chi connectivity index (χ0) is 32.7. The molecule has 8 rings (SSSR count). The predicted molar refractivity (Wildman–Crippen MR) is 191 cm³/mol. The van der Waals surface area contributed by atoms with E-state index in [9.17, 15) is 9.59 Å². The molecule has 7 heteroatoms. The fourth-order valence-corrected chi connectivity index (χ4v) is 8.34. The van der Waals surface area contributed by atoms with Crippen molar-refractivity contribution < 1.29 is 14.7 Å². The van der Waals surface area contributed by atoms with Crippen molar-refractivity contribution >= 4 is 34.9 Å². The second-order valence-corrected chi connectivity index (χ2v) is 13.6. The fourth-order valence-electron chi connectivity index (χ4n) is 8.34. The van der Waals surface area contributed by atoms with Crippen molar-refractivity contribution in [2.45, 2.75) is 75.8 Å². The maximum absolute atomic E-state index is 14.2. The van der Waals surface area contributed by atoms with Crippen molar-refractivity contribution in [3.8, 4) is 22.6 Å². The molecule has 2 aromatic heterocycles. The number of hydrogen-bond donors (Lipinski definition) is 3. The molecule has 3 heterocycles. The number of aliphatic carboxylic acids is 1. The third-order valence-corrected chi connectivity index (χ3v) is 10.7. The number of nitrogens with one attached hydrogen (secondary N) is 2. The lowest BCUT2D eigenvalue weighted by Gasteiger charge is -2.29. The summed E-state index contributed by atoms with van der Waals surface area (Å²) in [5.74, 6) is 0.151. The summed E-state index contributed by atoms with van der Waals surface area (Å²) in [6.07, 6.45) is 19.0. The van der Waals surface area contributed by atoms with Gasteiger partial charge in [-0.25, -0.2) is 9.78 Å². The first kappa shape index (κ1) is 30.2. The van der Waals surface area contributed by atoms with Gasteiger partial charge in [-0.15, -0.1) is 0 Å². The molecule has 5 aromatic rings. The summed E-state index contributed by atoms with van der Waals surface area (Å²) < 4.78 is 2.44. The number of carboxylic acids is 1. The van der Waals surface area contributed by atoms with Crippen LogP contribution in [0.3, 0.4) is 0 Å². The van der Waals surface area contributed by atoms with Crippen LogP contribution in [-0.4, -0.2) is 31.5 Å². The largest absolute Gasteiger partial charge is 0.478 e. The van der Waals surface area contributed by atoms with Crippen LogP contribution < -0.4 is 5.32 Å². The summed E-state index contributed by atoms with van der Waals surface area (Å²) in [7, 11) is 0. The van der Waals surface area contributed by atoms with Crippen LogP contribution in [0.15, 0.2) is 85.1 Å². The van der Waals surface area contributed by atoms with Crippen LogP contribution in [0.2, 0.25) is 0 Å². The summed E-state index contributed by atoms with van der Waals surface area (Å²) in [4.78, 5) is 33.4. The molecule has 48 heavy (non-hydrogen) atoms. The number of benzene rings is 3. The monoisotopic (exact) mass is 636 g/mol. The van der Waals surface area contributed by atoms with Crippen LogP contribution in [0.4, 0.5) is 0 Å². The number of imidazole rings is 1. The smallest absolute Gasteiger partial charge is 0.328 e. The van der Waals surface area contributed by atoms with Gasteiger partial charge in [-0.1, -0.05) is 92.8 Å². The maximum Gasteiger partial charge on any atom is 0.328 e. The summed E-state index contributed by atoms with van der Waals surface area (Å²) in [5.41, 5.74) is 9.08. The van der Waals surface area contributed by atoms with Gasteiger partial charge in [-0.3, -0.25) is 4.79 Å². The molecular weight excluding hydrogens is 596 g/mol. The van der Waals surface area contributed by atoms with E-state index in [-0.39, 0.29) is 5.91 Å². The Balaban J connectivity index is 1.14. The fraction of sp³-hybridized carbons (Fsp3) is 0.293. The number of carbonyl (C=O) groups is 2. The molecule has 0 atom stereocenters. The minimum absolute atomic E-state index is 0.0740. The molecule has 2 fully saturated rings. The van der Waals surface area contributed by atoms with Gasteiger partial charge in [0.25, 0.3) is 5.91 Å². The molecule has 0 saturated heterocycles. The number of carbonyl (C=O) groups excluding carboxylic acids is 1.